The first-order valence-corrected chi connectivity index (χ1v) is 15.8. The maximum atomic E-state index is 14.1. The molecule has 3 heterocycles. The average Bonchev–Trinajstić information content (AvgIpc) is 3.54. The predicted molar refractivity (Wildman–Crippen MR) is 165 cm³/mol. The van der Waals surface area contributed by atoms with Crippen LogP contribution in [-0.4, -0.2) is 46.3 Å². The standard InChI is InChI=1S/C28H26ClF2N7O4S2/c1-28(2,41)27-32-12-21(43-27)18-11-22(40)38(20-6-5-17(29)23-24(20)37(3)35-25(23)36-44(4)42)26(34-18)19(33-13-39)9-14-7-15(30)10-16(31)8-14/h5-8,10-13,19,41H,9H2,1-4H3,(H,33,39)(H,35,36). The molecule has 2 atom stereocenters. The summed E-state index contributed by atoms with van der Waals surface area (Å²) in [4.78, 5) is 35.4. The van der Waals surface area contributed by atoms with Gasteiger partial charge in [0, 0.05) is 38.1 Å². The number of amides is 1. The Balaban J connectivity index is 1.80. The summed E-state index contributed by atoms with van der Waals surface area (Å²) in [6.45, 7) is 3.15. The second-order valence-electron chi connectivity index (χ2n) is 10.4. The summed E-state index contributed by atoms with van der Waals surface area (Å²) in [5, 5.41) is 18.5. The first-order chi connectivity index (χ1) is 20.8. The highest BCUT2D eigenvalue weighted by atomic mass is 35.5. The van der Waals surface area contributed by atoms with Crippen molar-refractivity contribution in [3.05, 3.63) is 86.0 Å². The van der Waals surface area contributed by atoms with Crippen molar-refractivity contribution in [1.29, 1.82) is 0 Å². The maximum Gasteiger partial charge on any atom is 0.258 e. The van der Waals surface area contributed by atoms with Crippen LogP contribution < -0.4 is 15.6 Å². The fourth-order valence-corrected chi connectivity index (χ4v) is 6.33. The summed E-state index contributed by atoms with van der Waals surface area (Å²) in [6, 6.07) is 6.31. The lowest BCUT2D eigenvalue weighted by atomic mass is 10.0. The number of hydrogen-bond donors (Lipinski definition) is 3. The van der Waals surface area contributed by atoms with Gasteiger partial charge in [-0.25, -0.2) is 23.0 Å². The number of carbonyl (C=O) groups excluding carboxylic acids is 1. The van der Waals surface area contributed by atoms with Gasteiger partial charge < -0.3 is 10.4 Å². The summed E-state index contributed by atoms with van der Waals surface area (Å²) in [5.41, 5.74) is -0.744. The third kappa shape index (κ3) is 6.26. The van der Waals surface area contributed by atoms with Gasteiger partial charge in [0.05, 0.1) is 38.2 Å². The number of rotatable bonds is 10. The minimum Gasteiger partial charge on any atom is -0.383 e. The molecule has 5 rings (SSSR count). The van der Waals surface area contributed by atoms with E-state index in [0.717, 1.165) is 29.5 Å². The molecule has 0 fully saturated rings. The van der Waals surface area contributed by atoms with Crippen LogP contribution in [0.5, 0.6) is 0 Å². The van der Waals surface area contributed by atoms with Gasteiger partial charge in [0.15, 0.2) is 5.82 Å². The first kappa shape index (κ1) is 31.4. The van der Waals surface area contributed by atoms with Gasteiger partial charge in [-0.2, -0.15) is 5.10 Å². The van der Waals surface area contributed by atoms with E-state index < -0.39 is 39.8 Å². The monoisotopic (exact) mass is 661 g/mol. The average molecular weight is 662 g/mol. The lowest BCUT2D eigenvalue weighted by molar-refractivity contribution is -0.110. The SMILES string of the molecule is Cn1nc(NS(C)=O)c2c(Cl)ccc(-n3c(C(Cc4cc(F)cc(F)c4)NC=O)nc(-c4cnc(C(C)(C)O)s4)cc3=O)c21. The molecule has 3 N–H and O–H groups in total. The summed E-state index contributed by atoms with van der Waals surface area (Å²) >= 11 is 7.67. The van der Waals surface area contributed by atoms with E-state index in [9.17, 15) is 27.7 Å². The van der Waals surface area contributed by atoms with Gasteiger partial charge in [-0.3, -0.25) is 23.6 Å². The molecule has 2 aromatic carbocycles. The fourth-order valence-electron chi connectivity index (χ4n) is 4.80. The van der Waals surface area contributed by atoms with E-state index in [1.807, 2.05) is 0 Å². The zero-order chi connectivity index (χ0) is 31.9. The topological polar surface area (TPSA) is 144 Å². The molecular formula is C28H26ClF2N7O4S2. The van der Waals surface area contributed by atoms with Gasteiger partial charge >= 0.3 is 0 Å². The van der Waals surface area contributed by atoms with Crippen LogP contribution >= 0.6 is 22.9 Å². The minimum atomic E-state index is -1.49. The zero-order valence-corrected chi connectivity index (χ0v) is 26.2. The van der Waals surface area contributed by atoms with E-state index >= 15 is 0 Å². The Morgan fingerprint density at radius 1 is 1.20 bits per heavy atom. The molecular weight excluding hydrogens is 636 g/mol. The Morgan fingerprint density at radius 2 is 1.91 bits per heavy atom. The first-order valence-electron chi connectivity index (χ1n) is 13.0. The molecule has 0 saturated heterocycles. The third-order valence-corrected chi connectivity index (χ3v) is 8.70. The molecule has 230 valence electrons. The smallest absolute Gasteiger partial charge is 0.258 e. The number of nitrogens with one attached hydrogen (secondary N) is 2. The predicted octanol–water partition coefficient (Wildman–Crippen LogP) is 4.14. The molecule has 16 heteroatoms. The number of hydrogen-bond acceptors (Lipinski definition) is 8. The summed E-state index contributed by atoms with van der Waals surface area (Å²) in [5.74, 6) is -1.37. The van der Waals surface area contributed by atoms with Gasteiger partial charge in [-0.15, -0.1) is 11.3 Å². The lowest BCUT2D eigenvalue weighted by Crippen LogP contribution is -2.32. The van der Waals surface area contributed by atoms with Crippen molar-refractivity contribution >= 4 is 57.1 Å². The van der Waals surface area contributed by atoms with Crippen molar-refractivity contribution in [3.63, 3.8) is 0 Å². The highest BCUT2D eigenvalue weighted by Gasteiger charge is 2.27. The second kappa shape index (κ2) is 12.1. The highest BCUT2D eigenvalue weighted by Crippen LogP contribution is 2.36. The Labute approximate surface area is 261 Å². The van der Waals surface area contributed by atoms with Crippen molar-refractivity contribution in [1.82, 2.24) is 29.6 Å². The van der Waals surface area contributed by atoms with Gasteiger partial charge in [-0.05, 0) is 43.7 Å². The Kier molecular flexibility index (Phi) is 8.66. The molecule has 0 aliphatic rings. The van der Waals surface area contributed by atoms with Crippen LogP contribution in [0.15, 0.2) is 47.4 Å². The van der Waals surface area contributed by atoms with Crippen LogP contribution in [-0.2, 0) is 34.8 Å². The molecule has 1 amide bonds. The maximum absolute atomic E-state index is 14.1. The fraction of sp³-hybridized carbons (Fsp3) is 0.250. The van der Waals surface area contributed by atoms with Crippen LogP contribution in [0.4, 0.5) is 14.6 Å². The number of aryl methyl sites for hydroxylation is 1. The van der Waals surface area contributed by atoms with Crippen LogP contribution in [0.1, 0.15) is 36.3 Å². The molecule has 0 aliphatic heterocycles. The van der Waals surface area contributed by atoms with Crippen LogP contribution in [0.25, 0.3) is 27.2 Å². The quantitative estimate of drug-likeness (QED) is 0.191. The Morgan fingerprint density at radius 3 is 2.52 bits per heavy atom. The van der Waals surface area contributed by atoms with E-state index in [-0.39, 0.29) is 40.0 Å². The van der Waals surface area contributed by atoms with Gasteiger partial charge in [-0.1, -0.05) is 11.6 Å². The Hall–Kier alpha value is -4.05. The molecule has 0 spiro atoms. The van der Waals surface area contributed by atoms with E-state index in [1.165, 1.54) is 33.8 Å². The van der Waals surface area contributed by atoms with E-state index in [1.54, 1.807) is 27.0 Å². The van der Waals surface area contributed by atoms with Crippen LogP contribution in [0.3, 0.4) is 0 Å². The normalized spacial score (nSPS) is 13.2. The van der Waals surface area contributed by atoms with Crippen molar-refractivity contribution in [2.45, 2.75) is 31.9 Å². The van der Waals surface area contributed by atoms with E-state index in [4.69, 9.17) is 16.6 Å². The van der Waals surface area contributed by atoms with Crippen molar-refractivity contribution in [2.75, 3.05) is 11.0 Å². The molecule has 0 bridgehead atoms. The number of fused-ring (bicyclic) bond motifs is 1. The molecule has 11 nitrogen and oxygen atoms in total. The van der Waals surface area contributed by atoms with E-state index in [2.05, 4.69) is 20.1 Å². The zero-order valence-electron chi connectivity index (χ0n) is 23.8. The van der Waals surface area contributed by atoms with Crippen molar-refractivity contribution in [2.24, 2.45) is 7.05 Å². The number of aromatic nitrogens is 5. The molecule has 0 aliphatic carbocycles. The molecule has 0 saturated carbocycles. The van der Waals surface area contributed by atoms with Gasteiger partial charge in [0.25, 0.3) is 5.56 Å². The van der Waals surface area contributed by atoms with Crippen LogP contribution in [0, 0.1) is 11.6 Å². The third-order valence-electron chi connectivity index (χ3n) is 6.57. The number of carbonyl (C=O) groups is 1. The van der Waals surface area contributed by atoms with Crippen molar-refractivity contribution < 1.29 is 22.9 Å². The van der Waals surface area contributed by atoms with E-state index in [0.29, 0.717) is 27.2 Å². The molecule has 2 unspecified atom stereocenters. The van der Waals surface area contributed by atoms with Crippen molar-refractivity contribution in [3.8, 4) is 16.3 Å². The molecule has 5 aromatic rings. The Bertz CT molecular complexity index is 1970. The largest absolute Gasteiger partial charge is 0.383 e. The van der Waals surface area contributed by atoms with Gasteiger partial charge in [0.2, 0.25) is 6.41 Å². The minimum absolute atomic E-state index is 0.0286. The highest BCUT2D eigenvalue weighted by molar-refractivity contribution is 7.85. The molecule has 0 radical (unpaired) electrons. The van der Waals surface area contributed by atoms with Gasteiger partial charge in [0.1, 0.15) is 39.1 Å². The van der Waals surface area contributed by atoms with Crippen LogP contribution in [0.2, 0.25) is 5.02 Å². The number of nitrogens with zero attached hydrogens (tertiary/aromatic N) is 5. The number of anilines is 1. The number of halogens is 3. The summed E-state index contributed by atoms with van der Waals surface area (Å²) < 4.78 is 45.7. The lowest BCUT2D eigenvalue weighted by Gasteiger charge is -2.22. The summed E-state index contributed by atoms with van der Waals surface area (Å²) in [6.07, 6.45) is 3.17. The second-order valence-corrected chi connectivity index (χ2v) is 12.9. The molecule has 3 aromatic heterocycles. The number of benzene rings is 2. The summed E-state index contributed by atoms with van der Waals surface area (Å²) in [7, 11) is 0.125. The number of aliphatic hydroxyl groups is 1. The molecule has 44 heavy (non-hydrogen) atoms. The number of thiazole rings is 1.